The highest BCUT2D eigenvalue weighted by Crippen LogP contribution is 2.24. The summed E-state index contributed by atoms with van der Waals surface area (Å²) in [6, 6.07) is 8.77. The molecule has 0 saturated carbocycles. The zero-order valence-corrected chi connectivity index (χ0v) is 10.8. The molecular formula is C12H15N3OS. The van der Waals surface area contributed by atoms with Crippen LogP contribution in [-0.4, -0.2) is 16.7 Å². The smallest absolute Gasteiger partial charge is 0.321 e. The van der Waals surface area contributed by atoms with Gasteiger partial charge in [0.2, 0.25) is 0 Å². The minimum atomic E-state index is 0.493. The molecule has 2 rings (SSSR count). The minimum absolute atomic E-state index is 0.493. The molecule has 5 heteroatoms. The van der Waals surface area contributed by atoms with Crippen molar-refractivity contribution in [3.63, 3.8) is 0 Å². The van der Waals surface area contributed by atoms with Gasteiger partial charge < -0.3 is 9.84 Å². The second-order valence-corrected chi connectivity index (χ2v) is 4.62. The van der Waals surface area contributed by atoms with E-state index in [2.05, 4.69) is 34.5 Å². The summed E-state index contributed by atoms with van der Waals surface area (Å²) >= 11 is 1.72. The van der Waals surface area contributed by atoms with Gasteiger partial charge in [0.05, 0.1) is 5.75 Å². The van der Waals surface area contributed by atoms with Crippen molar-refractivity contribution >= 4 is 17.8 Å². The largest absolute Gasteiger partial charge is 0.338 e. The Kier molecular flexibility index (Phi) is 4.03. The predicted molar refractivity (Wildman–Crippen MR) is 69.2 cm³/mol. The lowest BCUT2D eigenvalue weighted by Gasteiger charge is -2.01. The van der Waals surface area contributed by atoms with E-state index >= 15 is 0 Å². The maximum absolute atomic E-state index is 5.04. The number of rotatable bonds is 5. The first-order valence-electron chi connectivity index (χ1n) is 5.54. The molecule has 0 aliphatic heterocycles. The average molecular weight is 249 g/mol. The Hall–Kier alpha value is -1.49. The molecule has 1 aromatic heterocycles. The van der Waals surface area contributed by atoms with Crippen LogP contribution >= 0.6 is 11.8 Å². The first-order chi connectivity index (χ1) is 8.29. The summed E-state index contributed by atoms with van der Waals surface area (Å²) < 4.78 is 5.04. The molecular weight excluding hydrogens is 234 g/mol. The number of aryl methyl sites for hydroxylation is 1. The first kappa shape index (κ1) is 12.0. The van der Waals surface area contributed by atoms with Gasteiger partial charge in [-0.2, -0.15) is 4.98 Å². The van der Waals surface area contributed by atoms with E-state index in [1.54, 1.807) is 11.8 Å². The Morgan fingerprint density at radius 3 is 2.94 bits per heavy atom. The molecule has 0 radical (unpaired) electrons. The maximum atomic E-state index is 5.04. The fourth-order valence-electron chi connectivity index (χ4n) is 1.40. The lowest BCUT2D eigenvalue weighted by atomic mass is 10.2. The number of thioether (sulfide) groups is 1. The molecule has 1 heterocycles. The van der Waals surface area contributed by atoms with Gasteiger partial charge in [-0.25, -0.2) is 0 Å². The minimum Gasteiger partial charge on any atom is -0.338 e. The van der Waals surface area contributed by atoms with Crippen LogP contribution in [0, 0.1) is 6.92 Å². The van der Waals surface area contributed by atoms with Crippen LogP contribution < -0.4 is 5.32 Å². The van der Waals surface area contributed by atoms with Crippen LogP contribution in [0.3, 0.4) is 0 Å². The van der Waals surface area contributed by atoms with E-state index in [0.29, 0.717) is 11.8 Å². The van der Waals surface area contributed by atoms with Crippen LogP contribution in [0.15, 0.2) is 33.7 Å². The van der Waals surface area contributed by atoms with Gasteiger partial charge in [0.15, 0.2) is 5.82 Å². The van der Waals surface area contributed by atoms with Crippen molar-refractivity contribution in [1.82, 2.24) is 10.1 Å². The van der Waals surface area contributed by atoms with Gasteiger partial charge in [0, 0.05) is 11.4 Å². The highest BCUT2D eigenvalue weighted by Gasteiger charge is 2.06. The Morgan fingerprint density at radius 1 is 1.35 bits per heavy atom. The Bertz CT molecular complexity index is 484. The third-order valence-corrected chi connectivity index (χ3v) is 3.42. The molecule has 1 aromatic carbocycles. The molecule has 0 bridgehead atoms. The summed E-state index contributed by atoms with van der Waals surface area (Å²) in [6.07, 6.45) is 0. The summed E-state index contributed by atoms with van der Waals surface area (Å²) in [6.45, 7) is 4.88. The highest BCUT2D eigenvalue weighted by atomic mass is 32.2. The van der Waals surface area contributed by atoms with Gasteiger partial charge in [-0.15, -0.1) is 11.8 Å². The number of anilines is 1. The Labute approximate surface area is 105 Å². The number of hydrogen-bond acceptors (Lipinski definition) is 5. The van der Waals surface area contributed by atoms with E-state index in [4.69, 9.17) is 4.52 Å². The highest BCUT2D eigenvalue weighted by molar-refractivity contribution is 7.98. The second kappa shape index (κ2) is 5.72. The fourth-order valence-corrected chi connectivity index (χ4v) is 2.27. The molecule has 0 atom stereocenters. The summed E-state index contributed by atoms with van der Waals surface area (Å²) in [5, 5.41) is 6.90. The molecule has 90 valence electrons. The first-order valence-corrected chi connectivity index (χ1v) is 6.53. The van der Waals surface area contributed by atoms with Gasteiger partial charge in [-0.1, -0.05) is 23.4 Å². The van der Waals surface area contributed by atoms with Crippen LogP contribution in [0.1, 0.15) is 18.3 Å². The van der Waals surface area contributed by atoms with Crippen molar-refractivity contribution in [2.75, 3.05) is 11.9 Å². The maximum Gasteiger partial charge on any atom is 0.321 e. The van der Waals surface area contributed by atoms with Crippen LogP contribution in [0.25, 0.3) is 0 Å². The molecule has 0 aliphatic carbocycles. The Morgan fingerprint density at radius 2 is 2.18 bits per heavy atom. The zero-order valence-electron chi connectivity index (χ0n) is 9.93. The Balaban J connectivity index is 1.95. The van der Waals surface area contributed by atoms with Crippen LogP contribution in [-0.2, 0) is 5.75 Å². The van der Waals surface area contributed by atoms with E-state index < -0.39 is 0 Å². The van der Waals surface area contributed by atoms with E-state index in [1.807, 2.05) is 19.1 Å². The van der Waals surface area contributed by atoms with Gasteiger partial charge in [-0.05, 0) is 25.5 Å². The lowest BCUT2D eigenvalue weighted by molar-refractivity contribution is 0.425. The molecule has 2 aromatic rings. The second-order valence-electron chi connectivity index (χ2n) is 3.60. The predicted octanol–water partition coefficient (Wildman–Crippen LogP) is 3.10. The third-order valence-electron chi connectivity index (χ3n) is 2.25. The van der Waals surface area contributed by atoms with E-state index in [-0.39, 0.29) is 0 Å². The molecule has 0 amide bonds. The SMILES string of the molecule is CCNc1nc(CSc2ccccc2C)no1. The van der Waals surface area contributed by atoms with Crippen molar-refractivity contribution in [2.24, 2.45) is 0 Å². The van der Waals surface area contributed by atoms with Gasteiger partial charge in [0.1, 0.15) is 0 Å². The van der Waals surface area contributed by atoms with Gasteiger partial charge >= 0.3 is 6.01 Å². The lowest BCUT2D eigenvalue weighted by Crippen LogP contribution is -1.96. The zero-order chi connectivity index (χ0) is 12.1. The number of hydrogen-bond donors (Lipinski definition) is 1. The van der Waals surface area contributed by atoms with E-state index in [0.717, 1.165) is 12.3 Å². The van der Waals surface area contributed by atoms with Crippen molar-refractivity contribution in [3.8, 4) is 0 Å². The molecule has 0 aliphatic rings. The van der Waals surface area contributed by atoms with Gasteiger partial charge in [0.25, 0.3) is 0 Å². The van der Waals surface area contributed by atoms with Crippen molar-refractivity contribution in [1.29, 1.82) is 0 Å². The number of benzene rings is 1. The molecule has 1 N–H and O–H groups in total. The average Bonchev–Trinajstić information content (AvgIpc) is 2.76. The van der Waals surface area contributed by atoms with Crippen molar-refractivity contribution < 1.29 is 4.52 Å². The summed E-state index contributed by atoms with van der Waals surface area (Å²) in [7, 11) is 0. The van der Waals surface area contributed by atoms with Gasteiger partial charge in [-0.3, -0.25) is 0 Å². The number of nitrogens with zero attached hydrogens (tertiary/aromatic N) is 2. The number of aromatic nitrogens is 2. The molecule has 0 unspecified atom stereocenters. The van der Waals surface area contributed by atoms with Crippen LogP contribution in [0.2, 0.25) is 0 Å². The standard InChI is InChI=1S/C12H15N3OS/c1-3-13-12-14-11(15-16-12)8-17-10-7-5-4-6-9(10)2/h4-7H,3,8H2,1-2H3,(H,13,14,15). The summed E-state index contributed by atoms with van der Waals surface area (Å²) in [5.41, 5.74) is 1.27. The summed E-state index contributed by atoms with van der Waals surface area (Å²) in [4.78, 5) is 5.49. The monoisotopic (exact) mass is 249 g/mol. The van der Waals surface area contributed by atoms with Crippen LogP contribution in [0.5, 0.6) is 0 Å². The molecule has 17 heavy (non-hydrogen) atoms. The molecule has 0 saturated heterocycles. The summed E-state index contributed by atoms with van der Waals surface area (Å²) in [5.74, 6) is 1.44. The van der Waals surface area contributed by atoms with Crippen LogP contribution in [0.4, 0.5) is 6.01 Å². The van der Waals surface area contributed by atoms with E-state index in [9.17, 15) is 0 Å². The topological polar surface area (TPSA) is 51.0 Å². The third kappa shape index (κ3) is 3.23. The normalized spacial score (nSPS) is 10.5. The molecule has 0 spiro atoms. The molecule has 4 nitrogen and oxygen atoms in total. The van der Waals surface area contributed by atoms with Crippen molar-refractivity contribution in [2.45, 2.75) is 24.5 Å². The number of nitrogens with one attached hydrogen (secondary N) is 1. The van der Waals surface area contributed by atoms with Crippen molar-refractivity contribution in [3.05, 3.63) is 35.7 Å². The quantitative estimate of drug-likeness (QED) is 0.825. The molecule has 0 fully saturated rings. The van der Waals surface area contributed by atoms with E-state index in [1.165, 1.54) is 10.5 Å². The fraction of sp³-hybridized carbons (Fsp3) is 0.333.